The maximum Gasteiger partial charge on any atom is 0.416 e. The fourth-order valence-corrected chi connectivity index (χ4v) is 3.06. The van der Waals surface area contributed by atoms with E-state index >= 15 is 0 Å². The third-order valence-corrected chi connectivity index (χ3v) is 4.63. The molecule has 20 heavy (non-hydrogen) atoms. The van der Waals surface area contributed by atoms with E-state index in [1.165, 1.54) is 12.5 Å². The molecule has 1 aliphatic rings. The minimum absolute atomic E-state index is 0.00952. The summed E-state index contributed by atoms with van der Waals surface area (Å²) in [5, 5.41) is 0. The van der Waals surface area contributed by atoms with Crippen molar-refractivity contribution < 1.29 is 17.9 Å². The zero-order chi connectivity index (χ0) is 14.6. The van der Waals surface area contributed by atoms with Crippen LogP contribution in [0.1, 0.15) is 37.7 Å². The molecular formula is C15H19F3OS. The highest BCUT2D eigenvalue weighted by Crippen LogP contribution is 2.38. The van der Waals surface area contributed by atoms with E-state index in [1.807, 2.05) is 0 Å². The number of benzene rings is 1. The number of alkyl halides is 3. The van der Waals surface area contributed by atoms with E-state index in [0.717, 1.165) is 37.8 Å². The van der Waals surface area contributed by atoms with E-state index in [4.69, 9.17) is 4.74 Å². The summed E-state index contributed by atoms with van der Waals surface area (Å²) in [7, 11) is 0. The molecule has 0 atom stereocenters. The van der Waals surface area contributed by atoms with E-state index in [2.05, 4.69) is 12.6 Å². The molecule has 0 unspecified atom stereocenters. The number of hydrogen-bond donors (Lipinski definition) is 1. The Morgan fingerprint density at radius 3 is 2.45 bits per heavy atom. The molecule has 1 fully saturated rings. The van der Waals surface area contributed by atoms with Crippen molar-refractivity contribution in [2.24, 2.45) is 5.41 Å². The fraction of sp³-hybridized carbons (Fsp3) is 0.600. The van der Waals surface area contributed by atoms with Gasteiger partial charge in [-0.05, 0) is 36.8 Å². The smallest absolute Gasteiger partial charge is 0.416 e. The van der Waals surface area contributed by atoms with Gasteiger partial charge in [-0.2, -0.15) is 25.8 Å². The van der Waals surface area contributed by atoms with Gasteiger partial charge in [-0.1, -0.05) is 25.3 Å². The van der Waals surface area contributed by atoms with Gasteiger partial charge in [0, 0.05) is 5.41 Å². The van der Waals surface area contributed by atoms with Crippen molar-refractivity contribution in [2.75, 3.05) is 12.4 Å². The van der Waals surface area contributed by atoms with Crippen LogP contribution < -0.4 is 4.74 Å². The lowest BCUT2D eigenvalue weighted by Crippen LogP contribution is -2.33. The summed E-state index contributed by atoms with van der Waals surface area (Å²) >= 11 is 4.40. The Bertz CT molecular complexity index is 439. The van der Waals surface area contributed by atoms with E-state index in [0.29, 0.717) is 12.4 Å². The third kappa shape index (κ3) is 3.84. The average molecular weight is 304 g/mol. The van der Waals surface area contributed by atoms with Crippen LogP contribution in [0.4, 0.5) is 13.2 Å². The van der Waals surface area contributed by atoms with Gasteiger partial charge in [-0.15, -0.1) is 0 Å². The average Bonchev–Trinajstić information content (AvgIpc) is 2.46. The van der Waals surface area contributed by atoms with Gasteiger partial charge in [-0.25, -0.2) is 0 Å². The van der Waals surface area contributed by atoms with Crippen LogP contribution in [-0.4, -0.2) is 12.4 Å². The number of rotatable bonds is 4. The van der Waals surface area contributed by atoms with Gasteiger partial charge in [0.2, 0.25) is 0 Å². The van der Waals surface area contributed by atoms with Gasteiger partial charge in [0.1, 0.15) is 5.75 Å². The molecule has 1 nitrogen and oxygen atoms in total. The van der Waals surface area contributed by atoms with E-state index in [9.17, 15) is 13.2 Å². The first kappa shape index (κ1) is 15.5. The normalized spacial score (nSPS) is 18.8. The van der Waals surface area contributed by atoms with Crippen LogP contribution in [0.15, 0.2) is 24.3 Å². The largest absolute Gasteiger partial charge is 0.493 e. The van der Waals surface area contributed by atoms with Crippen LogP contribution in [0.5, 0.6) is 5.75 Å². The van der Waals surface area contributed by atoms with Crippen molar-refractivity contribution in [1.82, 2.24) is 0 Å². The van der Waals surface area contributed by atoms with Gasteiger partial charge in [0.05, 0.1) is 12.2 Å². The molecule has 5 heteroatoms. The molecule has 0 N–H and O–H groups in total. The van der Waals surface area contributed by atoms with Gasteiger partial charge in [-0.3, -0.25) is 0 Å². The van der Waals surface area contributed by atoms with Crippen molar-refractivity contribution in [3.8, 4) is 5.75 Å². The van der Waals surface area contributed by atoms with Gasteiger partial charge in [0.25, 0.3) is 0 Å². The lowest BCUT2D eigenvalue weighted by atomic mass is 9.76. The Balaban J connectivity index is 2.03. The topological polar surface area (TPSA) is 9.23 Å². The maximum absolute atomic E-state index is 12.6. The summed E-state index contributed by atoms with van der Waals surface area (Å²) < 4.78 is 43.5. The molecule has 0 heterocycles. The first-order valence-electron chi connectivity index (χ1n) is 6.86. The molecule has 1 aromatic rings. The number of thiol groups is 1. The summed E-state index contributed by atoms with van der Waals surface area (Å²) in [4.78, 5) is 0. The minimum atomic E-state index is -4.33. The second-order valence-corrected chi connectivity index (χ2v) is 5.85. The summed E-state index contributed by atoms with van der Waals surface area (Å²) in [6.45, 7) is 0.442. The molecule has 2 rings (SSSR count). The fourth-order valence-electron chi connectivity index (χ4n) is 2.65. The molecule has 1 saturated carbocycles. The molecule has 1 aromatic carbocycles. The molecule has 0 aliphatic heterocycles. The molecule has 0 bridgehead atoms. The predicted octanol–water partition coefficient (Wildman–Crippen LogP) is 4.96. The quantitative estimate of drug-likeness (QED) is 0.773. The Hall–Kier alpha value is -0.840. The van der Waals surface area contributed by atoms with Crippen molar-refractivity contribution in [3.63, 3.8) is 0 Å². The molecule has 0 aromatic heterocycles. The van der Waals surface area contributed by atoms with Crippen LogP contribution in [0.25, 0.3) is 0 Å². The van der Waals surface area contributed by atoms with Crippen molar-refractivity contribution in [1.29, 1.82) is 0 Å². The highest BCUT2D eigenvalue weighted by molar-refractivity contribution is 7.80. The van der Waals surface area contributed by atoms with Gasteiger partial charge in [0.15, 0.2) is 0 Å². The predicted molar refractivity (Wildman–Crippen MR) is 76.3 cm³/mol. The van der Waals surface area contributed by atoms with Crippen molar-refractivity contribution >= 4 is 12.6 Å². The summed E-state index contributed by atoms with van der Waals surface area (Å²) in [6, 6.07) is 5.08. The highest BCUT2D eigenvalue weighted by Gasteiger charge is 2.33. The van der Waals surface area contributed by atoms with Crippen LogP contribution in [0, 0.1) is 5.41 Å². The Morgan fingerprint density at radius 2 is 1.85 bits per heavy atom. The SMILES string of the molecule is FC(F)(F)c1cccc(OCC2(CS)CCCCC2)c1. The van der Waals surface area contributed by atoms with Crippen molar-refractivity contribution in [2.45, 2.75) is 38.3 Å². The first-order chi connectivity index (χ1) is 9.45. The number of halogens is 3. The second-order valence-electron chi connectivity index (χ2n) is 5.53. The van der Waals surface area contributed by atoms with Crippen LogP contribution in [0.2, 0.25) is 0 Å². The summed E-state index contributed by atoms with van der Waals surface area (Å²) in [5.74, 6) is 0.998. The zero-order valence-electron chi connectivity index (χ0n) is 11.2. The first-order valence-corrected chi connectivity index (χ1v) is 7.49. The third-order valence-electron chi connectivity index (χ3n) is 3.96. The van der Waals surface area contributed by atoms with E-state index < -0.39 is 11.7 Å². The Kier molecular flexibility index (Phi) is 4.89. The Morgan fingerprint density at radius 1 is 1.15 bits per heavy atom. The number of hydrogen-bond acceptors (Lipinski definition) is 2. The zero-order valence-corrected chi connectivity index (χ0v) is 12.1. The summed E-state index contributed by atoms with van der Waals surface area (Å²) in [6.07, 6.45) is 1.26. The van der Waals surface area contributed by atoms with Crippen molar-refractivity contribution in [3.05, 3.63) is 29.8 Å². The molecule has 0 amide bonds. The monoisotopic (exact) mass is 304 g/mol. The summed E-state index contributed by atoms with van der Waals surface area (Å²) in [5.41, 5.74) is -0.658. The van der Waals surface area contributed by atoms with E-state index in [-0.39, 0.29) is 11.2 Å². The van der Waals surface area contributed by atoms with Gasteiger partial charge < -0.3 is 4.74 Å². The molecule has 0 spiro atoms. The molecule has 1 aliphatic carbocycles. The maximum atomic E-state index is 12.6. The number of ether oxygens (including phenoxy) is 1. The Labute approximate surface area is 122 Å². The van der Waals surface area contributed by atoms with Crippen LogP contribution >= 0.6 is 12.6 Å². The van der Waals surface area contributed by atoms with Crippen LogP contribution in [-0.2, 0) is 6.18 Å². The highest BCUT2D eigenvalue weighted by atomic mass is 32.1. The molecule has 0 radical (unpaired) electrons. The molecule has 112 valence electrons. The lowest BCUT2D eigenvalue weighted by Gasteiger charge is -2.35. The van der Waals surface area contributed by atoms with Gasteiger partial charge >= 0.3 is 6.18 Å². The standard InChI is InChI=1S/C15H19F3OS/c16-15(17,18)12-5-4-6-13(9-12)19-10-14(11-20)7-2-1-3-8-14/h4-6,9,20H,1-3,7-8,10-11H2. The van der Waals surface area contributed by atoms with E-state index in [1.54, 1.807) is 6.07 Å². The lowest BCUT2D eigenvalue weighted by molar-refractivity contribution is -0.137. The van der Waals surface area contributed by atoms with Crippen LogP contribution in [0.3, 0.4) is 0 Å². The second kappa shape index (κ2) is 6.29. The molecule has 0 saturated heterocycles. The molecular weight excluding hydrogens is 285 g/mol. The minimum Gasteiger partial charge on any atom is -0.493 e.